The van der Waals surface area contributed by atoms with Crippen LogP contribution >= 0.6 is 0 Å². The zero-order valence-electron chi connectivity index (χ0n) is 16.4. The molecular formula is C20H31N3O4. The molecule has 2 N–H and O–H groups in total. The van der Waals surface area contributed by atoms with Crippen LogP contribution in [0.5, 0.6) is 5.75 Å². The van der Waals surface area contributed by atoms with Crippen molar-refractivity contribution < 1.29 is 19.1 Å². The Bertz CT molecular complexity index is 621. The smallest absolute Gasteiger partial charge is 0.257 e. The van der Waals surface area contributed by atoms with Crippen molar-refractivity contribution in [2.45, 2.75) is 32.1 Å². The fourth-order valence-corrected chi connectivity index (χ4v) is 3.16. The van der Waals surface area contributed by atoms with Gasteiger partial charge in [0.05, 0.1) is 0 Å². The molecule has 1 aromatic carbocycles. The molecule has 0 atom stereocenters. The molecule has 7 heteroatoms. The molecular weight excluding hydrogens is 346 g/mol. The maximum absolute atomic E-state index is 12.2. The molecule has 0 spiro atoms. The van der Waals surface area contributed by atoms with Gasteiger partial charge in [-0.05, 0) is 63.0 Å². The lowest BCUT2D eigenvalue weighted by Crippen LogP contribution is -2.37. The van der Waals surface area contributed by atoms with Gasteiger partial charge in [-0.25, -0.2) is 0 Å². The lowest BCUT2D eigenvalue weighted by molar-refractivity contribution is -0.123. The Morgan fingerprint density at radius 3 is 2.74 bits per heavy atom. The number of rotatable bonds is 11. The van der Waals surface area contributed by atoms with E-state index in [2.05, 4.69) is 10.6 Å². The van der Waals surface area contributed by atoms with E-state index in [4.69, 9.17) is 9.47 Å². The van der Waals surface area contributed by atoms with E-state index >= 15 is 0 Å². The highest BCUT2D eigenvalue weighted by atomic mass is 16.5. The lowest BCUT2D eigenvalue weighted by Gasteiger charge is -2.29. The van der Waals surface area contributed by atoms with Crippen molar-refractivity contribution in [3.05, 3.63) is 23.8 Å². The highest BCUT2D eigenvalue weighted by molar-refractivity contribution is 5.95. The van der Waals surface area contributed by atoms with Gasteiger partial charge in [0.1, 0.15) is 12.4 Å². The summed E-state index contributed by atoms with van der Waals surface area (Å²) in [6, 6.07) is 5.62. The first-order chi connectivity index (χ1) is 13.2. The zero-order valence-corrected chi connectivity index (χ0v) is 16.4. The second-order valence-electron chi connectivity index (χ2n) is 6.68. The van der Waals surface area contributed by atoms with E-state index < -0.39 is 0 Å². The number of benzene rings is 1. The summed E-state index contributed by atoms with van der Waals surface area (Å²) in [5.41, 5.74) is 1.97. The number of methoxy groups -OCH3 is 1. The highest BCUT2D eigenvalue weighted by Crippen LogP contribution is 2.30. The van der Waals surface area contributed by atoms with E-state index in [0.29, 0.717) is 18.8 Å². The minimum absolute atomic E-state index is 0.00161. The minimum Gasteiger partial charge on any atom is -0.484 e. The molecule has 27 heavy (non-hydrogen) atoms. The van der Waals surface area contributed by atoms with Crippen molar-refractivity contribution in [1.29, 1.82) is 0 Å². The van der Waals surface area contributed by atoms with E-state index in [0.717, 1.165) is 49.9 Å². The van der Waals surface area contributed by atoms with Crippen LogP contribution in [0.3, 0.4) is 0 Å². The third-order valence-corrected chi connectivity index (χ3v) is 4.53. The number of hydrogen-bond acceptors (Lipinski definition) is 5. The van der Waals surface area contributed by atoms with Gasteiger partial charge < -0.3 is 25.0 Å². The summed E-state index contributed by atoms with van der Waals surface area (Å²) in [5.74, 6) is 0.499. The molecule has 150 valence electrons. The first-order valence-electron chi connectivity index (χ1n) is 9.62. The molecule has 0 saturated heterocycles. The largest absolute Gasteiger partial charge is 0.484 e. The predicted octanol–water partition coefficient (Wildman–Crippen LogP) is 1.50. The van der Waals surface area contributed by atoms with Gasteiger partial charge in [-0.3, -0.25) is 9.59 Å². The van der Waals surface area contributed by atoms with E-state index in [9.17, 15) is 9.59 Å². The molecule has 2 rings (SSSR count). The summed E-state index contributed by atoms with van der Waals surface area (Å²) in [7, 11) is 3.46. The summed E-state index contributed by atoms with van der Waals surface area (Å²) >= 11 is 0. The normalized spacial score (nSPS) is 13.2. The van der Waals surface area contributed by atoms with Crippen LogP contribution in [0.15, 0.2) is 18.2 Å². The molecule has 0 aliphatic carbocycles. The summed E-state index contributed by atoms with van der Waals surface area (Å²) < 4.78 is 10.6. The monoisotopic (exact) mass is 377 g/mol. The molecule has 0 aromatic heterocycles. The Morgan fingerprint density at radius 1 is 1.15 bits per heavy atom. The molecule has 0 bridgehead atoms. The van der Waals surface area contributed by atoms with E-state index in [1.54, 1.807) is 4.90 Å². The number of amides is 2. The third kappa shape index (κ3) is 6.84. The number of fused-ring (bicyclic) bond motifs is 1. The standard InChI is InChI=1S/C20H31N3O4/c1-21-10-4-3-5-11-22-19(24)14-27-17-8-9-18-16(13-17)7-6-12-23(18)20(25)15-26-2/h8-9,13,21H,3-7,10-12,14-15H2,1-2H3,(H,22,24). The van der Waals surface area contributed by atoms with Gasteiger partial charge in [-0.1, -0.05) is 6.42 Å². The number of carbonyl (C=O) groups excluding carboxylic acids is 2. The van der Waals surface area contributed by atoms with Gasteiger partial charge in [-0.2, -0.15) is 0 Å². The molecule has 1 heterocycles. The van der Waals surface area contributed by atoms with Gasteiger partial charge in [0, 0.05) is 25.9 Å². The fraction of sp³-hybridized carbons (Fsp3) is 0.600. The maximum atomic E-state index is 12.2. The van der Waals surface area contributed by atoms with Crippen LogP contribution in [0.1, 0.15) is 31.2 Å². The maximum Gasteiger partial charge on any atom is 0.257 e. The molecule has 1 aliphatic heterocycles. The van der Waals surface area contributed by atoms with Crippen molar-refractivity contribution in [1.82, 2.24) is 10.6 Å². The second-order valence-corrected chi connectivity index (χ2v) is 6.68. The molecule has 2 amide bonds. The van der Waals surface area contributed by atoms with E-state index in [1.165, 1.54) is 7.11 Å². The number of anilines is 1. The summed E-state index contributed by atoms with van der Waals surface area (Å²) in [5, 5.41) is 5.98. The topological polar surface area (TPSA) is 79.9 Å². The lowest BCUT2D eigenvalue weighted by atomic mass is 10.0. The van der Waals surface area contributed by atoms with Gasteiger partial charge in [0.25, 0.3) is 11.8 Å². The minimum atomic E-state index is -0.113. The summed E-state index contributed by atoms with van der Waals surface area (Å²) in [6.45, 7) is 2.46. The number of aryl methyl sites for hydroxylation is 1. The Labute approximate surface area is 161 Å². The Kier molecular flexibility index (Phi) is 9.07. The Balaban J connectivity index is 1.79. The quantitative estimate of drug-likeness (QED) is 0.571. The Morgan fingerprint density at radius 2 is 1.96 bits per heavy atom. The van der Waals surface area contributed by atoms with Gasteiger partial charge >= 0.3 is 0 Å². The number of nitrogens with one attached hydrogen (secondary N) is 2. The van der Waals surface area contributed by atoms with Crippen LogP contribution in [-0.2, 0) is 20.7 Å². The highest BCUT2D eigenvalue weighted by Gasteiger charge is 2.22. The van der Waals surface area contributed by atoms with Crippen LogP contribution in [0.25, 0.3) is 0 Å². The Hall–Kier alpha value is -2.12. The molecule has 1 aromatic rings. The van der Waals surface area contributed by atoms with Crippen LogP contribution in [0, 0.1) is 0 Å². The number of unbranched alkanes of at least 4 members (excludes halogenated alkanes) is 2. The van der Waals surface area contributed by atoms with Crippen molar-refractivity contribution in [3.63, 3.8) is 0 Å². The third-order valence-electron chi connectivity index (χ3n) is 4.53. The summed E-state index contributed by atoms with van der Waals surface area (Å²) in [6.07, 6.45) is 4.96. The molecule has 1 aliphatic rings. The zero-order chi connectivity index (χ0) is 19.5. The second kappa shape index (κ2) is 11.6. The van der Waals surface area contributed by atoms with E-state index in [-0.39, 0.29) is 25.0 Å². The average molecular weight is 377 g/mol. The molecule has 7 nitrogen and oxygen atoms in total. The predicted molar refractivity (Wildman–Crippen MR) is 105 cm³/mol. The SMILES string of the molecule is CNCCCCCNC(=O)COc1ccc2c(c1)CCCN2C(=O)COC. The summed E-state index contributed by atoms with van der Waals surface area (Å²) in [4.78, 5) is 25.8. The van der Waals surface area contributed by atoms with Gasteiger partial charge in [0.2, 0.25) is 0 Å². The molecule has 0 saturated carbocycles. The number of carbonyl (C=O) groups is 2. The average Bonchev–Trinajstić information content (AvgIpc) is 2.68. The number of hydrogen-bond donors (Lipinski definition) is 2. The van der Waals surface area contributed by atoms with E-state index in [1.807, 2.05) is 25.2 Å². The number of nitrogens with zero attached hydrogens (tertiary/aromatic N) is 1. The van der Waals surface area contributed by atoms with Crippen molar-refractivity contribution in [3.8, 4) is 5.75 Å². The van der Waals surface area contributed by atoms with Crippen molar-refractivity contribution in [2.75, 3.05) is 51.9 Å². The molecule has 0 unspecified atom stereocenters. The first kappa shape index (κ1) is 21.2. The van der Waals surface area contributed by atoms with Crippen LogP contribution in [-0.4, -0.2) is 58.8 Å². The fourth-order valence-electron chi connectivity index (χ4n) is 3.16. The van der Waals surface area contributed by atoms with Gasteiger partial charge in [0.15, 0.2) is 6.61 Å². The van der Waals surface area contributed by atoms with Crippen LogP contribution < -0.4 is 20.3 Å². The molecule has 0 radical (unpaired) electrons. The first-order valence-corrected chi connectivity index (χ1v) is 9.62. The van der Waals surface area contributed by atoms with Crippen LogP contribution in [0.4, 0.5) is 5.69 Å². The van der Waals surface area contributed by atoms with Crippen LogP contribution in [0.2, 0.25) is 0 Å². The van der Waals surface area contributed by atoms with Crippen molar-refractivity contribution in [2.24, 2.45) is 0 Å². The molecule has 0 fully saturated rings. The number of ether oxygens (including phenoxy) is 2. The van der Waals surface area contributed by atoms with Gasteiger partial charge in [-0.15, -0.1) is 0 Å². The van der Waals surface area contributed by atoms with Crippen molar-refractivity contribution >= 4 is 17.5 Å².